The molecular weight excluding hydrogens is 401 g/mol. The Morgan fingerprint density at radius 3 is 2.45 bits per heavy atom. The maximum absolute atomic E-state index is 6.25. The first kappa shape index (κ1) is 20.5. The van der Waals surface area contributed by atoms with Crippen LogP contribution in [0.1, 0.15) is 49.7 Å². The van der Waals surface area contributed by atoms with Gasteiger partial charge in [0, 0.05) is 18.2 Å². The third-order valence-corrected chi connectivity index (χ3v) is 6.54. The molecule has 0 heterocycles. The van der Waals surface area contributed by atoms with Crippen molar-refractivity contribution in [1.82, 2.24) is 5.32 Å². The van der Waals surface area contributed by atoms with Crippen LogP contribution in [0.4, 0.5) is 0 Å². The second-order valence-corrected chi connectivity index (χ2v) is 8.68. The molecule has 0 aliphatic heterocycles. The van der Waals surface area contributed by atoms with Crippen LogP contribution >= 0.6 is 23.2 Å². The lowest BCUT2D eigenvalue weighted by Gasteiger charge is -2.19. The summed E-state index contributed by atoms with van der Waals surface area (Å²) >= 11 is 12.2. The molecule has 0 aromatic heterocycles. The van der Waals surface area contributed by atoms with Crippen molar-refractivity contribution in [3.05, 3.63) is 75.8 Å². The van der Waals surface area contributed by atoms with E-state index < -0.39 is 0 Å². The molecule has 1 saturated carbocycles. The molecule has 1 fully saturated rings. The van der Waals surface area contributed by atoms with Crippen LogP contribution in [0.25, 0.3) is 10.8 Å². The van der Waals surface area contributed by atoms with Gasteiger partial charge in [0.15, 0.2) is 0 Å². The van der Waals surface area contributed by atoms with Gasteiger partial charge in [0.1, 0.15) is 12.4 Å². The van der Waals surface area contributed by atoms with Gasteiger partial charge in [0.25, 0.3) is 0 Å². The first-order chi connectivity index (χ1) is 14.2. The number of hydrogen-bond donors (Lipinski definition) is 1. The lowest BCUT2D eigenvalue weighted by molar-refractivity contribution is 0.302. The van der Waals surface area contributed by atoms with E-state index in [1.54, 1.807) is 0 Å². The molecular formula is C25H27Cl2NO. The Balaban J connectivity index is 1.55. The van der Waals surface area contributed by atoms with E-state index in [2.05, 4.69) is 41.7 Å². The molecule has 152 valence electrons. The first-order valence-corrected chi connectivity index (χ1v) is 11.3. The van der Waals surface area contributed by atoms with Gasteiger partial charge in [-0.2, -0.15) is 0 Å². The van der Waals surface area contributed by atoms with Crippen LogP contribution in [-0.2, 0) is 13.2 Å². The van der Waals surface area contributed by atoms with Gasteiger partial charge in [0.2, 0.25) is 0 Å². The molecule has 3 aromatic carbocycles. The summed E-state index contributed by atoms with van der Waals surface area (Å²) in [6.07, 6.45) is 7.92. The minimum atomic E-state index is 0.464. The number of ether oxygens (including phenoxy) is 1. The van der Waals surface area contributed by atoms with Crippen molar-refractivity contribution >= 4 is 34.0 Å². The van der Waals surface area contributed by atoms with E-state index in [1.807, 2.05) is 18.2 Å². The Bertz CT molecular complexity index is 964. The minimum Gasteiger partial charge on any atom is -0.489 e. The van der Waals surface area contributed by atoms with Gasteiger partial charge in [-0.25, -0.2) is 0 Å². The number of rotatable bonds is 6. The Labute approximate surface area is 183 Å². The van der Waals surface area contributed by atoms with Crippen LogP contribution in [0.3, 0.4) is 0 Å². The summed E-state index contributed by atoms with van der Waals surface area (Å²) in [5, 5.41) is 7.42. The van der Waals surface area contributed by atoms with Crippen LogP contribution in [-0.4, -0.2) is 6.04 Å². The number of benzene rings is 3. The van der Waals surface area contributed by atoms with Crippen LogP contribution in [0.2, 0.25) is 10.0 Å². The predicted molar refractivity (Wildman–Crippen MR) is 123 cm³/mol. The second kappa shape index (κ2) is 9.84. The fourth-order valence-electron chi connectivity index (χ4n) is 4.15. The van der Waals surface area contributed by atoms with E-state index in [0.717, 1.165) is 17.9 Å². The Morgan fingerprint density at radius 2 is 1.66 bits per heavy atom. The number of hydrogen-bond acceptors (Lipinski definition) is 2. The molecule has 29 heavy (non-hydrogen) atoms. The average Bonchev–Trinajstić information content (AvgIpc) is 3.02. The fourth-order valence-corrected chi connectivity index (χ4v) is 4.47. The van der Waals surface area contributed by atoms with E-state index in [0.29, 0.717) is 22.7 Å². The van der Waals surface area contributed by atoms with Crippen molar-refractivity contribution in [1.29, 1.82) is 0 Å². The largest absolute Gasteiger partial charge is 0.489 e. The SMILES string of the molecule is Clc1ccc(COc2ccc3ccccc3c2CNC2CCCCCC2)cc1Cl. The van der Waals surface area contributed by atoms with Crippen LogP contribution in [0.5, 0.6) is 5.75 Å². The molecule has 2 nitrogen and oxygen atoms in total. The average molecular weight is 428 g/mol. The fraction of sp³-hybridized carbons (Fsp3) is 0.360. The highest BCUT2D eigenvalue weighted by atomic mass is 35.5. The molecule has 0 radical (unpaired) electrons. The molecule has 0 saturated heterocycles. The van der Waals surface area contributed by atoms with E-state index in [4.69, 9.17) is 27.9 Å². The first-order valence-electron chi connectivity index (χ1n) is 10.5. The summed E-state index contributed by atoms with van der Waals surface area (Å²) in [4.78, 5) is 0. The molecule has 1 N–H and O–H groups in total. The number of halogens is 2. The summed E-state index contributed by atoms with van der Waals surface area (Å²) in [5.41, 5.74) is 2.24. The zero-order chi connectivity index (χ0) is 20.1. The van der Waals surface area contributed by atoms with Gasteiger partial charge in [-0.3, -0.25) is 0 Å². The van der Waals surface area contributed by atoms with Gasteiger partial charge < -0.3 is 10.1 Å². The van der Waals surface area contributed by atoms with Gasteiger partial charge in [0.05, 0.1) is 10.0 Å². The summed E-state index contributed by atoms with van der Waals surface area (Å²) in [6.45, 7) is 1.29. The standard InChI is InChI=1S/C25H27Cl2NO/c26-23-13-11-18(15-24(23)27)17-29-25-14-12-19-7-5-6-10-21(19)22(25)16-28-20-8-3-1-2-4-9-20/h5-7,10-15,20,28H,1-4,8-9,16-17H2. The summed E-state index contributed by atoms with van der Waals surface area (Å²) < 4.78 is 6.25. The molecule has 0 unspecified atom stereocenters. The summed E-state index contributed by atoms with van der Waals surface area (Å²) in [5.74, 6) is 0.927. The minimum absolute atomic E-state index is 0.464. The molecule has 0 spiro atoms. The van der Waals surface area contributed by atoms with Crippen molar-refractivity contribution in [2.24, 2.45) is 0 Å². The topological polar surface area (TPSA) is 21.3 Å². The van der Waals surface area contributed by atoms with Gasteiger partial charge >= 0.3 is 0 Å². The Morgan fingerprint density at radius 1 is 0.862 bits per heavy atom. The Kier molecular flexibility index (Phi) is 6.97. The maximum atomic E-state index is 6.25. The Hall–Kier alpha value is -1.74. The second-order valence-electron chi connectivity index (χ2n) is 7.87. The molecule has 0 amide bonds. The smallest absolute Gasteiger partial charge is 0.124 e. The molecule has 1 aliphatic rings. The normalized spacial score (nSPS) is 15.4. The van der Waals surface area contributed by atoms with Crippen molar-refractivity contribution in [3.63, 3.8) is 0 Å². The molecule has 0 atom stereocenters. The highest BCUT2D eigenvalue weighted by Gasteiger charge is 2.15. The zero-order valence-corrected chi connectivity index (χ0v) is 18.1. The van der Waals surface area contributed by atoms with E-state index in [1.165, 1.54) is 54.9 Å². The van der Waals surface area contributed by atoms with E-state index in [9.17, 15) is 0 Å². The number of fused-ring (bicyclic) bond motifs is 1. The van der Waals surface area contributed by atoms with Crippen LogP contribution < -0.4 is 10.1 Å². The van der Waals surface area contributed by atoms with Crippen molar-refractivity contribution in [3.8, 4) is 5.75 Å². The van der Waals surface area contributed by atoms with Gasteiger partial charge in [-0.05, 0) is 47.4 Å². The lowest BCUT2D eigenvalue weighted by atomic mass is 10.0. The molecule has 3 aromatic rings. The molecule has 4 heteroatoms. The lowest BCUT2D eigenvalue weighted by Crippen LogP contribution is -2.28. The third-order valence-electron chi connectivity index (χ3n) is 5.80. The quantitative estimate of drug-likeness (QED) is 0.410. The zero-order valence-electron chi connectivity index (χ0n) is 16.6. The van der Waals surface area contributed by atoms with Crippen LogP contribution in [0.15, 0.2) is 54.6 Å². The molecule has 1 aliphatic carbocycles. The number of nitrogens with one attached hydrogen (secondary N) is 1. The van der Waals surface area contributed by atoms with Gasteiger partial charge in [-0.15, -0.1) is 0 Å². The third kappa shape index (κ3) is 5.25. The maximum Gasteiger partial charge on any atom is 0.124 e. The summed E-state index contributed by atoms with van der Waals surface area (Å²) in [6, 6.07) is 19.0. The van der Waals surface area contributed by atoms with E-state index >= 15 is 0 Å². The highest BCUT2D eigenvalue weighted by molar-refractivity contribution is 6.42. The molecule has 4 rings (SSSR count). The van der Waals surface area contributed by atoms with Crippen molar-refractivity contribution in [2.45, 2.75) is 57.7 Å². The molecule has 0 bridgehead atoms. The van der Waals surface area contributed by atoms with Crippen molar-refractivity contribution < 1.29 is 4.74 Å². The monoisotopic (exact) mass is 427 g/mol. The summed E-state index contributed by atoms with van der Waals surface area (Å²) in [7, 11) is 0. The van der Waals surface area contributed by atoms with Crippen LogP contribution in [0, 0.1) is 0 Å². The van der Waals surface area contributed by atoms with Gasteiger partial charge in [-0.1, -0.05) is 85.3 Å². The predicted octanol–water partition coefficient (Wildman–Crippen LogP) is 7.54. The van der Waals surface area contributed by atoms with Crippen molar-refractivity contribution in [2.75, 3.05) is 0 Å². The van der Waals surface area contributed by atoms with E-state index in [-0.39, 0.29) is 0 Å². The highest BCUT2D eigenvalue weighted by Crippen LogP contribution is 2.30.